The molecular weight excluding hydrogens is 314 g/mol. The van der Waals surface area contributed by atoms with Crippen LogP contribution in [0.25, 0.3) is 0 Å². The second-order valence-corrected chi connectivity index (χ2v) is 7.92. The SMILES string of the molecule is COc1ccc(CN2C[C@H](C)[C@]3(CCN(CCN(C)C)C3=O)C2)cc1. The van der Waals surface area contributed by atoms with Crippen molar-refractivity contribution in [1.29, 1.82) is 0 Å². The molecule has 1 amide bonds. The molecule has 0 saturated carbocycles. The summed E-state index contributed by atoms with van der Waals surface area (Å²) in [5.74, 6) is 1.68. The number of benzene rings is 1. The monoisotopic (exact) mass is 345 g/mol. The summed E-state index contributed by atoms with van der Waals surface area (Å²) >= 11 is 0. The molecule has 2 aliphatic rings. The van der Waals surface area contributed by atoms with Crippen LogP contribution in [-0.4, -0.2) is 74.5 Å². The molecule has 1 aromatic rings. The highest BCUT2D eigenvalue weighted by molar-refractivity contribution is 5.86. The average molecular weight is 345 g/mol. The van der Waals surface area contributed by atoms with Gasteiger partial charge in [-0.25, -0.2) is 0 Å². The maximum absolute atomic E-state index is 13.1. The van der Waals surface area contributed by atoms with Crippen LogP contribution < -0.4 is 4.74 Å². The second kappa shape index (κ2) is 7.34. The summed E-state index contributed by atoms with van der Waals surface area (Å²) < 4.78 is 5.23. The van der Waals surface area contributed by atoms with Gasteiger partial charge in [-0.3, -0.25) is 9.69 Å². The largest absolute Gasteiger partial charge is 0.497 e. The number of ether oxygens (including phenoxy) is 1. The van der Waals surface area contributed by atoms with Crippen molar-refractivity contribution in [2.45, 2.75) is 19.9 Å². The number of nitrogens with zero attached hydrogens (tertiary/aromatic N) is 3. The highest BCUT2D eigenvalue weighted by Crippen LogP contribution is 2.45. The van der Waals surface area contributed by atoms with Gasteiger partial charge >= 0.3 is 0 Å². The Morgan fingerprint density at radius 3 is 2.64 bits per heavy atom. The Balaban J connectivity index is 1.63. The van der Waals surface area contributed by atoms with Gasteiger partial charge in [-0.1, -0.05) is 19.1 Å². The van der Waals surface area contributed by atoms with Gasteiger partial charge in [0, 0.05) is 39.3 Å². The fourth-order valence-electron chi connectivity index (χ4n) is 4.29. The van der Waals surface area contributed by atoms with Crippen LogP contribution in [0.4, 0.5) is 0 Å². The molecular formula is C20H31N3O2. The highest BCUT2D eigenvalue weighted by Gasteiger charge is 2.54. The van der Waals surface area contributed by atoms with Crippen molar-refractivity contribution in [1.82, 2.24) is 14.7 Å². The van der Waals surface area contributed by atoms with E-state index in [1.165, 1.54) is 5.56 Å². The van der Waals surface area contributed by atoms with E-state index in [9.17, 15) is 4.79 Å². The minimum absolute atomic E-state index is 0.168. The van der Waals surface area contributed by atoms with E-state index in [1.807, 2.05) is 12.1 Å². The molecule has 138 valence electrons. The molecule has 0 N–H and O–H groups in total. The molecule has 25 heavy (non-hydrogen) atoms. The van der Waals surface area contributed by atoms with Gasteiger partial charge in [0.1, 0.15) is 5.75 Å². The molecule has 3 rings (SSSR count). The number of rotatable bonds is 6. The van der Waals surface area contributed by atoms with Gasteiger partial charge in [-0.15, -0.1) is 0 Å². The van der Waals surface area contributed by atoms with E-state index in [4.69, 9.17) is 4.74 Å². The number of likely N-dealkylation sites (N-methyl/N-ethyl adjacent to an activating group) is 1. The molecule has 2 atom stereocenters. The maximum Gasteiger partial charge on any atom is 0.230 e. The van der Waals surface area contributed by atoms with E-state index in [1.54, 1.807) is 7.11 Å². The molecule has 0 bridgehead atoms. The van der Waals surface area contributed by atoms with Crippen molar-refractivity contribution in [3.05, 3.63) is 29.8 Å². The summed E-state index contributed by atoms with van der Waals surface area (Å²) in [5.41, 5.74) is 1.11. The Morgan fingerprint density at radius 2 is 2.00 bits per heavy atom. The molecule has 0 aliphatic carbocycles. The molecule has 5 nitrogen and oxygen atoms in total. The van der Waals surface area contributed by atoms with E-state index in [-0.39, 0.29) is 5.41 Å². The quantitative estimate of drug-likeness (QED) is 0.789. The Kier molecular flexibility index (Phi) is 5.35. The Morgan fingerprint density at radius 1 is 1.28 bits per heavy atom. The Labute approximate surface area is 151 Å². The van der Waals surface area contributed by atoms with Crippen molar-refractivity contribution in [3.63, 3.8) is 0 Å². The van der Waals surface area contributed by atoms with Crippen molar-refractivity contribution < 1.29 is 9.53 Å². The first-order chi connectivity index (χ1) is 11.9. The smallest absolute Gasteiger partial charge is 0.230 e. The first-order valence-electron chi connectivity index (χ1n) is 9.24. The fraction of sp³-hybridized carbons (Fsp3) is 0.650. The number of likely N-dealkylation sites (tertiary alicyclic amines) is 2. The molecule has 1 aromatic carbocycles. The van der Waals surface area contributed by atoms with Gasteiger partial charge in [-0.05, 0) is 44.1 Å². The Bertz CT molecular complexity index is 601. The third kappa shape index (κ3) is 3.67. The predicted molar refractivity (Wildman–Crippen MR) is 99.6 cm³/mol. The lowest BCUT2D eigenvalue weighted by molar-refractivity contribution is -0.137. The van der Waals surface area contributed by atoms with Crippen molar-refractivity contribution in [2.75, 3.05) is 53.9 Å². The zero-order valence-corrected chi connectivity index (χ0v) is 16.0. The van der Waals surface area contributed by atoms with Gasteiger partial charge < -0.3 is 14.5 Å². The second-order valence-electron chi connectivity index (χ2n) is 7.92. The molecule has 2 fully saturated rings. The van der Waals surface area contributed by atoms with Crippen LogP contribution in [0.3, 0.4) is 0 Å². The predicted octanol–water partition coefficient (Wildman–Crippen LogP) is 1.93. The van der Waals surface area contributed by atoms with E-state index in [2.05, 4.69) is 47.9 Å². The standard InChI is InChI=1S/C20H31N3O2/c1-16-13-22(14-17-5-7-18(25-4)8-6-17)15-20(16)9-10-23(19(20)24)12-11-21(2)3/h5-8,16H,9-15H2,1-4H3/t16-,20-/m0/s1. The summed E-state index contributed by atoms with van der Waals surface area (Å²) in [6, 6.07) is 8.26. The van der Waals surface area contributed by atoms with Gasteiger partial charge in [0.05, 0.1) is 12.5 Å². The van der Waals surface area contributed by atoms with Crippen LogP contribution in [0.1, 0.15) is 18.9 Å². The molecule has 2 aliphatic heterocycles. The summed E-state index contributed by atoms with van der Waals surface area (Å²) in [7, 11) is 5.81. The number of methoxy groups -OCH3 is 1. The zero-order chi connectivity index (χ0) is 18.0. The van der Waals surface area contributed by atoms with Crippen molar-refractivity contribution in [2.24, 2.45) is 11.3 Å². The molecule has 1 spiro atoms. The first-order valence-corrected chi connectivity index (χ1v) is 9.24. The van der Waals surface area contributed by atoms with E-state index >= 15 is 0 Å². The van der Waals surface area contributed by atoms with Crippen LogP contribution in [0.5, 0.6) is 5.75 Å². The van der Waals surface area contributed by atoms with E-state index in [0.29, 0.717) is 11.8 Å². The number of carbonyl (C=O) groups excluding carboxylic acids is 1. The topological polar surface area (TPSA) is 36.0 Å². The van der Waals surface area contributed by atoms with Gasteiger partial charge in [0.15, 0.2) is 0 Å². The third-order valence-corrected chi connectivity index (χ3v) is 5.90. The van der Waals surface area contributed by atoms with Gasteiger partial charge in [0.25, 0.3) is 0 Å². The van der Waals surface area contributed by atoms with Crippen LogP contribution in [0.2, 0.25) is 0 Å². The lowest BCUT2D eigenvalue weighted by Crippen LogP contribution is -2.41. The minimum atomic E-state index is -0.168. The van der Waals surface area contributed by atoms with Crippen LogP contribution >= 0.6 is 0 Å². The normalized spacial score (nSPS) is 27.0. The van der Waals surface area contributed by atoms with Crippen molar-refractivity contribution >= 4 is 5.91 Å². The lowest BCUT2D eigenvalue weighted by Gasteiger charge is -2.27. The van der Waals surface area contributed by atoms with Crippen LogP contribution in [0, 0.1) is 11.3 Å². The zero-order valence-electron chi connectivity index (χ0n) is 16.0. The summed E-state index contributed by atoms with van der Waals surface area (Å²) in [6.45, 7) is 7.73. The Hall–Kier alpha value is -1.59. The van der Waals surface area contributed by atoms with Gasteiger partial charge in [-0.2, -0.15) is 0 Å². The van der Waals surface area contributed by atoms with Crippen LogP contribution in [0.15, 0.2) is 24.3 Å². The fourth-order valence-corrected chi connectivity index (χ4v) is 4.29. The summed E-state index contributed by atoms with van der Waals surface area (Å²) in [4.78, 5) is 19.8. The molecule has 5 heteroatoms. The summed E-state index contributed by atoms with van der Waals surface area (Å²) in [5, 5.41) is 0. The molecule has 0 aromatic heterocycles. The number of amides is 1. The third-order valence-electron chi connectivity index (χ3n) is 5.90. The molecule has 2 saturated heterocycles. The number of hydrogen-bond acceptors (Lipinski definition) is 4. The number of hydrogen-bond donors (Lipinski definition) is 0. The first kappa shape index (κ1) is 18.2. The molecule has 0 radical (unpaired) electrons. The van der Waals surface area contributed by atoms with Gasteiger partial charge in [0.2, 0.25) is 5.91 Å². The van der Waals surface area contributed by atoms with Crippen LogP contribution in [-0.2, 0) is 11.3 Å². The van der Waals surface area contributed by atoms with E-state index < -0.39 is 0 Å². The molecule has 0 unspecified atom stereocenters. The lowest BCUT2D eigenvalue weighted by atomic mass is 9.78. The molecule has 2 heterocycles. The van der Waals surface area contributed by atoms with Crippen molar-refractivity contribution in [3.8, 4) is 5.75 Å². The minimum Gasteiger partial charge on any atom is -0.497 e. The average Bonchev–Trinajstić information content (AvgIpc) is 3.07. The highest BCUT2D eigenvalue weighted by atomic mass is 16.5. The summed E-state index contributed by atoms with van der Waals surface area (Å²) in [6.07, 6.45) is 1.000. The number of carbonyl (C=O) groups is 1. The van der Waals surface area contributed by atoms with E-state index in [0.717, 1.165) is 51.4 Å². The maximum atomic E-state index is 13.1.